The Morgan fingerprint density at radius 1 is 1.10 bits per heavy atom. The van der Waals surface area contributed by atoms with E-state index >= 15 is 0 Å². The monoisotopic (exact) mass is 397 g/mol. The predicted octanol–water partition coefficient (Wildman–Crippen LogP) is 1.20. The van der Waals surface area contributed by atoms with E-state index in [0.29, 0.717) is 58.1 Å². The lowest BCUT2D eigenvalue weighted by atomic mass is 10.0. The van der Waals surface area contributed by atoms with Crippen LogP contribution in [0.15, 0.2) is 30.3 Å². The Morgan fingerprint density at radius 3 is 2.62 bits per heavy atom. The van der Waals surface area contributed by atoms with E-state index in [0.717, 1.165) is 17.7 Å². The number of nitrogens with one attached hydrogen (secondary N) is 1. The number of aryl methyl sites for hydroxylation is 1. The Morgan fingerprint density at radius 2 is 1.86 bits per heavy atom. The minimum atomic E-state index is -0.0970. The highest BCUT2D eigenvalue weighted by molar-refractivity contribution is 5.94. The first kappa shape index (κ1) is 19.4. The van der Waals surface area contributed by atoms with Gasteiger partial charge in [0.15, 0.2) is 5.69 Å². The van der Waals surface area contributed by atoms with Crippen LogP contribution in [0.3, 0.4) is 0 Å². The summed E-state index contributed by atoms with van der Waals surface area (Å²) in [4.78, 5) is 29.2. The first-order chi connectivity index (χ1) is 14.1. The van der Waals surface area contributed by atoms with Crippen molar-refractivity contribution in [2.45, 2.75) is 19.4 Å². The molecule has 2 aliphatic heterocycles. The number of fused-ring (bicyclic) bond motifs is 1. The smallest absolute Gasteiger partial charge is 0.317 e. The third kappa shape index (κ3) is 4.27. The molecule has 2 aromatic rings. The number of urea groups is 1. The minimum absolute atomic E-state index is 0.0727. The maximum atomic E-state index is 13.0. The number of morpholine rings is 1. The van der Waals surface area contributed by atoms with E-state index in [1.54, 1.807) is 14.5 Å². The second-order valence-corrected chi connectivity index (χ2v) is 7.44. The van der Waals surface area contributed by atoms with Crippen molar-refractivity contribution < 1.29 is 14.3 Å². The molecule has 29 heavy (non-hydrogen) atoms. The van der Waals surface area contributed by atoms with Crippen molar-refractivity contribution in [1.82, 2.24) is 24.9 Å². The zero-order chi connectivity index (χ0) is 20.2. The van der Waals surface area contributed by atoms with Crippen LogP contribution in [0, 0.1) is 0 Å². The summed E-state index contributed by atoms with van der Waals surface area (Å²) in [5, 5.41) is 7.49. The Labute approximate surface area is 170 Å². The standard InChI is InChI=1S/C21H27N5O3/c1-24-18-8-10-26(21(28)22-9-7-16-5-3-2-4-6-16)15-17(18)19(23-24)20(27)25-11-13-29-14-12-25/h2-6H,7-15H2,1H3,(H,22,28). The summed E-state index contributed by atoms with van der Waals surface area (Å²) >= 11 is 0. The van der Waals surface area contributed by atoms with Crippen LogP contribution < -0.4 is 5.32 Å². The van der Waals surface area contributed by atoms with E-state index in [-0.39, 0.29) is 11.9 Å². The minimum Gasteiger partial charge on any atom is -0.378 e. The van der Waals surface area contributed by atoms with Crippen LogP contribution in [0.5, 0.6) is 0 Å². The Hall–Kier alpha value is -2.87. The lowest BCUT2D eigenvalue weighted by Crippen LogP contribution is -2.44. The summed E-state index contributed by atoms with van der Waals surface area (Å²) in [6, 6.07) is 9.99. The third-order valence-corrected chi connectivity index (χ3v) is 5.56. The van der Waals surface area contributed by atoms with Crippen molar-refractivity contribution in [1.29, 1.82) is 0 Å². The molecule has 4 rings (SSSR count). The maximum absolute atomic E-state index is 13.0. The number of rotatable bonds is 4. The largest absolute Gasteiger partial charge is 0.378 e. The second-order valence-electron chi connectivity index (χ2n) is 7.44. The number of amides is 3. The Kier molecular flexibility index (Phi) is 5.80. The van der Waals surface area contributed by atoms with Gasteiger partial charge in [-0.15, -0.1) is 0 Å². The maximum Gasteiger partial charge on any atom is 0.317 e. The topological polar surface area (TPSA) is 79.7 Å². The van der Waals surface area contributed by atoms with E-state index in [2.05, 4.69) is 22.5 Å². The molecule has 3 heterocycles. The second kappa shape index (κ2) is 8.65. The molecule has 0 bridgehead atoms. The fourth-order valence-electron chi connectivity index (χ4n) is 3.92. The summed E-state index contributed by atoms with van der Waals surface area (Å²) in [6.07, 6.45) is 1.49. The summed E-state index contributed by atoms with van der Waals surface area (Å²) in [5.41, 5.74) is 3.56. The number of benzene rings is 1. The average molecular weight is 397 g/mol. The zero-order valence-corrected chi connectivity index (χ0v) is 16.8. The number of carbonyl (C=O) groups excluding carboxylic acids is 2. The molecular weight excluding hydrogens is 370 g/mol. The van der Waals surface area contributed by atoms with Crippen molar-refractivity contribution in [3.05, 3.63) is 52.8 Å². The quantitative estimate of drug-likeness (QED) is 0.841. The van der Waals surface area contributed by atoms with Crippen molar-refractivity contribution in [2.24, 2.45) is 7.05 Å². The van der Waals surface area contributed by atoms with Crippen LogP contribution >= 0.6 is 0 Å². The third-order valence-electron chi connectivity index (χ3n) is 5.56. The van der Waals surface area contributed by atoms with E-state index in [1.165, 1.54) is 5.56 Å². The molecule has 3 amide bonds. The van der Waals surface area contributed by atoms with Crippen molar-refractivity contribution in [3.8, 4) is 0 Å². The number of aromatic nitrogens is 2. The van der Waals surface area contributed by atoms with Crippen LogP contribution in [-0.4, -0.2) is 70.9 Å². The highest BCUT2D eigenvalue weighted by Crippen LogP contribution is 2.23. The van der Waals surface area contributed by atoms with Crippen molar-refractivity contribution in [3.63, 3.8) is 0 Å². The van der Waals surface area contributed by atoms with Crippen LogP contribution in [0.4, 0.5) is 4.79 Å². The van der Waals surface area contributed by atoms with Gasteiger partial charge in [0.1, 0.15) is 0 Å². The molecule has 1 aromatic heterocycles. The zero-order valence-electron chi connectivity index (χ0n) is 16.8. The van der Waals surface area contributed by atoms with Gasteiger partial charge in [0.25, 0.3) is 5.91 Å². The molecule has 0 atom stereocenters. The molecule has 1 aromatic carbocycles. The molecule has 0 radical (unpaired) electrons. The molecule has 1 fully saturated rings. The van der Waals surface area contributed by atoms with Gasteiger partial charge in [-0.05, 0) is 12.0 Å². The number of ether oxygens (including phenoxy) is 1. The van der Waals surface area contributed by atoms with E-state index in [1.807, 2.05) is 25.2 Å². The summed E-state index contributed by atoms with van der Waals surface area (Å²) in [6.45, 7) is 3.87. The van der Waals surface area contributed by atoms with Crippen LogP contribution in [0.25, 0.3) is 0 Å². The fraction of sp³-hybridized carbons (Fsp3) is 0.476. The summed E-state index contributed by atoms with van der Waals surface area (Å²) < 4.78 is 7.13. The molecule has 154 valence electrons. The predicted molar refractivity (Wildman–Crippen MR) is 108 cm³/mol. The molecule has 1 N–H and O–H groups in total. The van der Waals surface area contributed by atoms with Gasteiger partial charge in [-0.1, -0.05) is 30.3 Å². The highest BCUT2D eigenvalue weighted by atomic mass is 16.5. The molecule has 1 saturated heterocycles. The highest BCUT2D eigenvalue weighted by Gasteiger charge is 2.31. The number of carbonyl (C=O) groups is 2. The van der Waals surface area contributed by atoms with E-state index < -0.39 is 0 Å². The number of hydrogen-bond donors (Lipinski definition) is 1. The lowest BCUT2D eigenvalue weighted by molar-refractivity contribution is 0.0297. The molecule has 8 heteroatoms. The van der Waals surface area contributed by atoms with Gasteiger partial charge in [-0.3, -0.25) is 9.48 Å². The molecule has 0 spiro atoms. The molecule has 2 aliphatic rings. The van der Waals surface area contributed by atoms with Gasteiger partial charge < -0.3 is 19.9 Å². The fourth-order valence-corrected chi connectivity index (χ4v) is 3.92. The van der Waals surface area contributed by atoms with Crippen molar-refractivity contribution >= 4 is 11.9 Å². The van der Waals surface area contributed by atoms with Gasteiger partial charge in [-0.25, -0.2) is 4.79 Å². The van der Waals surface area contributed by atoms with Crippen LogP contribution in [-0.2, 0) is 31.2 Å². The van der Waals surface area contributed by atoms with Gasteiger partial charge in [-0.2, -0.15) is 5.10 Å². The van der Waals surface area contributed by atoms with Gasteiger partial charge in [0, 0.05) is 50.9 Å². The molecule has 0 unspecified atom stereocenters. The number of hydrogen-bond acceptors (Lipinski definition) is 4. The van der Waals surface area contributed by atoms with E-state index in [4.69, 9.17) is 4.74 Å². The Balaban J connectivity index is 1.40. The first-order valence-electron chi connectivity index (χ1n) is 10.1. The van der Waals surface area contributed by atoms with Crippen molar-refractivity contribution in [2.75, 3.05) is 39.4 Å². The first-order valence-corrected chi connectivity index (χ1v) is 10.1. The summed E-state index contributed by atoms with van der Waals surface area (Å²) in [7, 11) is 1.87. The summed E-state index contributed by atoms with van der Waals surface area (Å²) in [5.74, 6) is -0.0727. The van der Waals surface area contributed by atoms with Gasteiger partial charge >= 0.3 is 6.03 Å². The SMILES string of the molecule is Cn1nc(C(=O)N2CCOCC2)c2c1CCN(C(=O)NCCc1ccccc1)C2. The van der Waals surface area contributed by atoms with Gasteiger partial charge in [0.2, 0.25) is 0 Å². The Bertz CT molecular complexity index is 874. The van der Waals surface area contributed by atoms with Crippen LogP contribution in [0.2, 0.25) is 0 Å². The average Bonchev–Trinajstić information content (AvgIpc) is 3.10. The lowest BCUT2D eigenvalue weighted by Gasteiger charge is -2.29. The molecule has 0 aliphatic carbocycles. The molecule has 8 nitrogen and oxygen atoms in total. The molecular formula is C21H27N5O3. The normalized spacial score (nSPS) is 16.4. The van der Waals surface area contributed by atoms with Crippen LogP contribution in [0.1, 0.15) is 27.3 Å². The van der Waals surface area contributed by atoms with Gasteiger partial charge in [0.05, 0.1) is 19.8 Å². The molecule has 0 saturated carbocycles. The number of nitrogens with zero attached hydrogens (tertiary/aromatic N) is 4. The van der Waals surface area contributed by atoms with E-state index in [9.17, 15) is 9.59 Å².